The van der Waals surface area contributed by atoms with Crippen molar-refractivity contribution in [1.82, 2.24) is 0 Å². The standard InChI is InChI=1S/4C7H6O6S.Ti/c4*8-6-2-1-4(14(11,12)13)3-5(6)7(9)10;/h4*1-3,8H,(H,9,10)(H,11,12,13);/q;;;;+4/p-4. The summed E-state index contributed by atoms with van der Waals surface area (Å²) >= 11 is 0. The molecule has 4 rings (SSSR count). The number of carboxylic acid groups (broad SMARTS) is 4. The van der Waals surface area contributed by atoms with Gasteiger partial charge in [0.15, 0.2) is 0 Å². The van der Waals surface area contributed by atoms with Gasteiger partial charge in [-0.05, 0) is 66.2 Å². The summed E-state index contributed by atoms with van der Waals surface area (Å²) in [6.07, 6.45) is 0. The van der Waals surface area contributed by atoms with Crippen LogP contribution in [-0.2, 0) is 62.2 Å². The average Bonchev–Trinajstić information content (AvgIpc) is 3.03. The van der Waals surface area contributed by atoms with Crippen LogP contribution in [0.4, 0.5) is 0 Å². The van der Waals surface area contributed by atoms with Crippen LogP contribution in [0.2, 0.25) is 0 Å². The summed E-state index contributed by atoms with van der Waals surface area (Å²) in [5, 5.41) is 75.5. The van der Waals surface area contributed by atoms with E-state index in [1.807, 2.05) is 0 Å². The van der Waals surface area contributed by atoms with Gasteiger partial charge in [0.25, 0.3) is 30.4 Å². The molecule has 0 bridgehead atoms. The van der Waals surface area contributed by atoms with Gasteiger partial charge in [-0.3, -0.25) is 13.7 Å². The summed E-state index contributed by atoms with van der Waals surface area (Å²) in [6, 6.07) is 9.05. The molecule has 0 spiro atoms. The molecule has 0 fully saturated rings. The molecule has 4 aromatic rings. The fraction of sp³-hybridized carbons (Fsp3) is 0. The van der Waals surface area contributed by atoms with Crippen molar-refractivity contribution >= 4 is 64.3 Å². The van der Waals surface area contributed by atoms with Crippen molar-refractivity contribution < 1.29 is 134 Å². The zero-order chi connectivity index (χ0) is 43.7. The largest absolute Gasteiger partial charge is 4.00 e. The van der Waals surface area contributed by atoms with E-state index in [4.69, 9.17) is 39.2 Å². The molecule has 304 valence electrons. The fourth-order valence-corrected chi connectivity index (χ4v) is 5.37. The van der Waals surface area contributed by atoms with Crippen molar-refractivity contribution in [1.29, 1.82) is 0 Å². The van der Waals surface area contributed by atoms with Crippen LogP contribution in [0.1, 0.15) is 41.4 Å². The van der Waals surface area contributed by atoms with E-state index in [2.05, 4.69) is 0 Å². The molecule has 29 heteroatoms. The van der Waals surface area contributed by atoms with Crippen molar-refractivity contribution in [3.63, 3.8) is 0 Å². The Morgan fingerprint density at radius 3 is 1.00 bits per heavy atom. The molecule has 0 aliphatic carbocycles. The van der Waals surface area contributed by atoms with Crippen molar-refractivity contribution in [2.24, 2.45) is 0 Å². The molecular weight excluding hydrogens is 896 g/mol. The van der Waals surface area contributed by atoms with Crippen LogP contribution >= 0.6 is 0 Å². The molecule has 0 saturated heterocycles. The Labute approximate surface area is 334 Å². The monoisotopic (exact) mass is 916 g/mol. The Morgan fingerprint density at radius 2 is 0.719 bits per heavy atom. The Kier molecular flexibility index (Phi) is 18.0. The molecule has 0 saturated carbocycles. The first kappa shape index (κ1) is 51.3. The van der Waals surface area contributed by atoms with E-state index in [1.165, 1.54) is 0 Å². The molecule has 0 amide bonds. The molecule has 0 aromatic heterocycles. The predicted molar refractivity (Wildman–Crippen MR) is 171 cm³/mol. The summed E-state index contributed by atoms with van der Waals surface area (Å²) in [5.74, 6) is -9.17. The molecule has 0 aliphatic heterocycles. The van der Waals surface area contributed by atoms with Gasteiger partial charge in [0.2, 0.25) is 0 Å². The number of aromatic hydroxyl groups is 2. The maximum Gasteiger partial charge on any atom is 4.00 e. The first-order chi connectivity index (χ1) is 25.3. The summed E-state index contributed by atoms with van der Waals surface area (Å²) in [5.41, 5.74) is -2.71. The van der Waals surface area contributed by atoms with Crippen molar-refractivity contribution in [3.8, 4) is 23.0 Å². The Hall–Kier alpha value is -5.69. The quantitative estimate of drug-likeness (QED) is 0.0729. The second-order valence-electron chi connectivity index (χ2n) is 9.76. The molecule has 57 heavy (non-hydrogen) atoms. The number of carboxylic acids is 4. The number of benzene rings is 4. The molecular formula is C28H20O24S4Ti. The zero-order valence-electron chi connectivity index (χ0n) is 27.2. The van der Waals surface area contributed by atoms with Crippen LogP contribution in [-0.4, -0.2) is 101 Å². The number of hydrogen-bond acceptors (Lipinski definition) is 18. The van der Waals surface area contributed by atoms with Crippen molar-refractivity contribution in [3.05, 3.63) is 95.1 Å². The average molecular weight is 917 g/mol. The minimum Gasteiger partial charge on any atom is -0.872 e. The number of hydrogen-bond donors (Lipinski definition) is 8. The van der Waals surface area contributed by atoms with Crippen molar-refractivity contribution in [2.75, 3.05) is 0 Å². The molecule has 0 radical (unpaired) electrons. The van der Waals surface area contributed by atoms with Gasteiger partial charge in [0.05, 0.1) is 31.1 Å². The second-order valence-corrected chi connectivity index (χ2v) is 15.4. The topological polar surface area (TPSA) is 459 Å². The Bertz CT molecular complexity index is 2270. The van der Waals surface area contributed by atoms with Gasteiger partial charge in [-0.2, -0.15) is 25.3 Å². The van der Waals surface area contributed by atoms with Crippen LogP contribution in [0.5, 0.6) is 23.0 Å². The third-order valence-electron chi connectivity index (χ3n) is 5.93. The number of phenols is 2. The van der Waals surface area contributed by atoms with E-state index in [1.54, 1.807) is 0 Å². The van der Waals surface area contributed by atoms with Crippen LogP contribution in [0.15, 0.2) is 92.4 Å². The summed E-state index contributed by atoms with van der Waals surface area (Å²) < 4.78 is 121. The SMILES string of the molecule is O=C(O)c1cc(S(=O)(=O)O)ccc1O.O=C(O)c1cc(S(=O)(=O)O)ccc1O.O=C(O)c1cc(S(=O)(=O)O)ccc1[O-].O=C([O-])c1cc(S(=O)(=O)[O-])ccc1[O-].[Ti+4]. The molecule has 0 heterocycles. The minimum absolute atomic E-state index is 0. The third-order valence-corrected chi connectivity index (χ3v) is 9.31. The fourth-order valence-electron chi connectivity index (χ4n) is 3.35. The van der Waals surface area contributed by atoms with Gasteiger partial charge in [-0.1, -0.05) is 23.6 Å². The van der Waals surface area contributed by atoms with E-state index >= 15 is 0 Å². The second kappa shape index (κ2) is 20.0. The van der Waals surface area contributed by atoms with Gasteiger partial charge in [-0.15, -0.1) is 0 Å². The molecule has 4 aromatic carbocycles. The van der Waals surface area contributed by atoms with E-state index < -0.39 is 129 Å². The van der Waals surface area contributed by atoms with Gasteiger partial charge < -0.3 is 50.2 Å². The van der Waals surface area contributed by atoms with Gasteiger partial charge in [0.1, 0.15) is 32.7 Å². The number of carbonyl (C=O) groups excluding carboxylic acids is 1. The molecule has 0 unspecified atom stereocenters. The van der Waals surface area contributed by atoms with Crippen LogP contribution in [0.3, 0.4) is 0 Å². The third kappa shape index (κ3) is 15.8. The van der Waals surface area contributed by atoms with Gasteiger partial charge in [-0.25, -0.2) is 22.8 Å². The van der Waals surface area contributed by atoms with Crippen molar-refractivity contribution in [2.45, 2.75) is 19.6 Å². The molecule has 8 N–H and O–H groups in total. The summed E-state index contributed by atoms with van der Waals surface area (Å²) in [4.78, 5) is 39.1. The number of carbonyl (C=O) groups is 4. The number of rotatable bonds is 8. The van der Waals surface area contributed by atoms with Crippen LogP contribution < -0.4 is 15.3 Å². The van der Waals surface area contributed by atoms with E-state index in [-0.39, 0.29) is 21.7 Å². The maximum absolute atomic E-state index is 10.9. The summed E-state index contributed by atoms with van der Waals surface area (Å²) in [7, 11) is -18.1. The first-order valence-corrected chi connectivity index (χ1v) is 19.1. The van der Waals surface area contributed by atoms with E-state index in [0.29, 0.717) is 30.3 Å². The molecule has 24 nitrogen and oxygen atoms in total. The Morgan fingerprint density at radius 1 is 0.456 bits per heavy atom. The Balaban J connectivity index is 0.000000729. The molecule has 0 atom stereocenters. The molecule has 0 aliphatic rings. The normalized spacial score (nSPS) is 11.0. The predicted octanol–water partition coefficient (Wildman–Crippen LogP) is -1.60. The number of aromatic carboxylic acids is 4. The minimum atomic E-state index is -4.76. The zero-order valence-corrected chi connectivity index (χ0v) is 32.0. The van der Waals surface area contributed by atoms with Crippen LogP contribution in [0.25, 0.3) is 0 Å². The van der Waals surface area contributed by atoms with Crippen LogP contribution in [0, 0.1) is 0 Å². The first-order valence-electron chi connectivity index (χ1n) is 13.4. The smallest absolute Gasteiger partial charge is 0.872 e. The van der Waals surface area contributed by atoms with Gasteiger partial charge in [0, 0.05) is 0 Å². The van der Waals surface area contributed by atoms with E-state index in [0.717, 1.165) is 42.5 Å². The maximum atomic E-state index is 10.9. The van der Waals surface area contributed by atoms with Gasteiger partial charge >= 0.3 is 39.6 Å². The van der Waals surface area contributed by atoms with E-state index in [9.17, 15) is 72.7 Å². The summed E-state index contributed by atoms with van der Waals surface area (Å²) in [6.45, 7) is 0.